The van der Waals surface area contributed by atoms with E-state index in [4.69, 9.17) is 4.74 Å². The number of ether oxygens (including phenoxy) is 1. The van der Waals surface area contributed by atoms with Gasteiger partial charge in [0.25, 0.3) is 5.91 Å². The first-order valence-corrected chi connectivity index (χ1v) is 9.62. The molecular weight excluding hydrogens is 328 g/mol. The Morgan fingerprint density at radius 2 is 2.08 bits per heavy atom. The van der Waals surface area contributed by atoms with Crippen LogP contribution in [-0.4, -0.2) is 41.7 Å². The van der Waals surface area contributed by atoms with Crippen molar-refractivity contribution in [3.8, 4) is 0 Å². The fourth-order valence-corrected chi connectivity index (χ4v) is 6.07. The summed E-state index contributed by atoms with van der Waals surface area (Å²) in [5.74, 6) is 1.93. The second-order valence-corrected chi connectivity index (χ2v) is 8.39. The summed E-state index contributed by atoms with van der Waals surface area (Å²) in [4.78, 5) is 20.0. The van der Waals surface area contributed by atoms with Gasteiger partial charge in [-0.1, -0.05) is 0 Å². The Bertz CT molecular complexity index is 845. The lowest BCUT2D eigenvalue weighted by Gasteiger charge is -2.59. The van der Waals surface area contributed by atoms with E-state index in [1.165, 1.54) is 19.3 Å². The zero-order valence-electron chi connectivity index (χ0n) is 15.3. The number of H-pyrrole nitrogens is 1. The molecule has 1 amide bonds. The number of carbonyl (C=O) groups is 1. The lowest BCUT2D eigenvalue weighted by atomic mass is 9.52. The number of pyridine rings is 1. The molecule has 26 heavy (non-hydrogen) atoms. The molecule has 2 aromatic rings. The van der Waals surface area contributed by atoms with Crippen molar-refractivity contribution in [2.24, 2.45) is 17.8 Å². The van der Waals surface area contributed by atoms with Gasteiger partial charge in [0, 0.05) is 38.0 Å². The van der Waals surface area contributed by atoms with Crippen LogP contribution < -0.4 is 10.6 Å². The second kappa shape index (κ2) is 5.71. The van der Waals surface area contributed by atoms with E-state index in [1.54, 1.807) is 13.2 Å². The molecule has 2 aromatic heterocycles. The standard InChI is InChI=1S/C20H26N4O2/c1-21-19(25)15-10-23-18-14(3-4-22-18)17(15)24-16-12-5-11-6-13(16)9-20(7-11,8-12)26-2/h3-4,10-13,16H,5-9H2,1-2H3,(H,21,25)(H2,22,23,24)/t11?,12-,13+,16?,20?. The molecule has 3 N–H and O–H groups in total. The van der Waals surface area contributed by atoms with Crippen LogP contribution in [0.3, 0.4) is 0 Å². The fraction of sp³-hybridized carbons (Fsp3) is 0.600. The zero-order valence-corrected chi connectivity index (χ0v) is 15.3. The van der Waals surface area contributed by atoms with Crippen molar-refractivity contribution in [1.29, 1.82) is 0 Å². The third kappa shape index (κ3) is 2.28. The molecule has 4 aliphatic rings. The normalized spacial score (nSPS) is 35.0. The average molecular weight is 354 g/mol. The third-order valence-corrected chi connectivity index (χ3v) is 7.02. The van der Waals surface area contributed by atoms with E-state index in [0.29, 0.717) is 23.4 Å². The first kappa shape index (κ1) is 16.1. The largest absolute Gasteiger partial charge is 0.380 e. The summed E-state index contributed by atoms with van der Waals surface area (Å²) >= 11 is 0. The first-order chi connectivity index (χ1) is 12.6. The molecule has 2 heterocycles. The van der Waals surface area contributed by atoms with E-state index < -0.39 is 0 Å². The lowest BCUT2D eigenvalue weighted by Crippen LogP contribution is -2.59. The molecule has 6 rings (SSSR count). The molecule has 4 aliphatic carbocycles. The second-order valence-electron chi connectivity index (χ2n) is 8.39. The molecule has 0 aliphatic heterocycles. The number of anilines is 1. The van der Waals surface area contributed by atoms with E-state index in [-0.39, 0.29) is 11.5 Å². The molecule has 138 valence electrons. The van der Waals surface area contributed by atoms with E-state index in [1.807, 2.05) is 19.4 Å². The lowest BCUT2D eigenvalue weighted by molar-refractivity contribution is -0.149. The number of rotatable bonds is 4. The maximum atomic E-state index is 12.4. The summed E-state index contributed by atoms with van der Waals surface area (Å²) in [6.07, 6.45) is 9.59. The van der Waals surface area contributed by atoms with Gasteiger partial charge in [-0.25, -0.2) is 4.98 Å². The van der Waals surface area contributed by atoms with Crippen LogP contribution in [0.25, 0.3) is 11.0 Å². The van der Waals surface area contributed by atoms with Crippen molar-refractivity contribution in [2.75, 3.05) is 19.5 Å². The monoisotopic (exact) mass is 354 g/mol. The van der Waals surface area contributed by atoms with Crippen LogP contribution in [-0.2, 0) is 4.74 Å². The molecule has 0 spiro atoms. The maximum absolute atomic E-state index is 12.4. The van der Waals surface area contributed by atoms with Crippen LogP contribution in [0.15, 0.2) is 18.5 Å². The van der Waals surface area contributed by atoms with Gasteiger partial charge in [-0.3, -0.25) is 4.79 Å². The number of aromatic amines is 1. The Hall–Kier alpha value is -2.08. The van der Waals surface area contributed by atoms with Gasteiger partial charge in [0.2, 0.25) is 0 Å². The van der Waals surface area contributed by atoms with Crippen LogP contribution in [0.4, 0.5) is 5.69 Å². The molecule has 0 saturated heterocycles. The minimum Gasteiger partial charge on any atom is -0.380 e. The van der Waals surface area contributed by atoms with Crippen LogP contribution >= 0.6 is 0 Å². The number of nitrogens with one attached hydrogen (secondary N) is 3. The highest BCUT2D eigenvalue weighted by Gasteiger charge is 2.55. The Morgan fingerprint density at radius 1 is 1.31 bits per heavy atom. The van der Waals surface area contributed by atoms with Crippen molar-refractivity contribution in [3.05, 3.63) is 24.0 Å². The molecular formula is C20H26N4O2. The van der Waals surface area contributed by atoms with Gasteiger partial charge >= 0.3 is 0 Å². The topological polar surface area (TPSA) is 79.0 Å². The molecule has 4 fully saturated rings. The van der Waals surface area contributed by atoms with E-state index >= 15 is 0 Å². The van der Waals surface area contributed by atoms with Gasteiger partial charge in [0.15, 0.2) is 0 Å². The van der Waals surface area contributed by atoms with E-state index in [0.717, 1.165) is 35.5 Å². The van der Waals surface area contributed by atoms with Gasteiger partial charge in [-0.2, -0.15) is 0 Å². The van der Waals surface area contributed by atoms with E-state index in [9.17, 15) is 4.79 Å². The summed E-state index contributed by atoms with van der Waals surface area (Å²) in [6.45, 7) is 0. The number of amides is 1. The van der Waals surface area contributed by atoms with Crippen LogP contribution in [0.5, 0.6) is 0 Å². The Kier molecular flexibility index (Phi) is 3.54. The SMILES string of the molecule is CNC(=O)c1cnc2[nH]ccc2c1NC1[C@@H]2CC3C[C@H]1CC(OC)(C3)C2. The van der Waals surface area contributed by atoms with Crippen molar-refractivity contribution in [2.45, 2.75) is 43.7 Å². The first-order valence-electron chi connectivity index (χ1n) is 9.62. The van der Waals surface area contributed by atoms with Crippen LogP contribution in [0, 0.1) is 17.8 Å². The van der Waals surface area contributed by atoms with E-state index in [2.05, 4.69) is 20.6 Å². The summed E-state index contributed by atoms with van der Waals surface area (Å²) in [5.41, 5.74) is 2.45. The Balaban J connectivity index is 1.52. The predicted molar refractivity (Wildman–Crippen MR) is 100 cm³/mol. The zero-order chi connectivity index (χ0) is 17.9. The Labute approximate surface area is 153 Å². The highest BCUT2D eigenvalue weighted by Crippen LogP contribution is 2.57. The van der Waals surface area contributed by atoms with Gasteiger partial charge in [0.05, 0.1) is 16.9 Å². The molecule has 6 nitrogen and oxygen atoms in total. The Morgan fingerprint density at radius 3 is 2.77 bits per heavy atom. The summed E-state index contributed by atoms with van der Waals surface area (Å²) in [6, 6.07) is 2.41. The van der Waals surface area contributed by atoms with Gasteiger partial charge in [0.1, 0.15) is 5.65 Å². The summed E-state index contributed by atoms with van der Waals surface area (Å²) < 4.78 is 5.98. The smallest absolute Gasteiger partial charge is 0.254 e. The highest BCUT2D eigenvalue weighted by atomic mass is 16.5. The number of hydrogen-bond acceptors (Lipinski definition) is 4. The van der Waals surface area contributed by atoms with Crippen LogP contribution in [0.2, 0.25) is 0 Å². The maximum Gasteiger partial charge on any atom is 0.254 e. The minimum absolute atomic E-state index is 0.0970. The molecule has 4 bridgehead atoms. The summed E-state index contributed by atoms with van der Waals surface area (Å²) in [5, 5.41) is 7.54. The molecule has 3 unspecified atom stereocenters. The van der Waals surface area contributed by atoms with Crippen LogP contribution in [0.1, 0.15) is 42.5 Å². The molecule has 5 atom stereocenters. The number of hydrogen-bond donors (Lipinski definition) is 3. The van der Waals surface area contributed by atoms with Crippen molar-refractivity contribution in [1.82, 2.24) is 15.3 Å². The third-order valence-electron chi connectivity index (χ3n) is 7.02. The quantitative estimate of drug-likeness (QED) is 0.789. The summed E-state index contributed by atoms with van der Waals surface area (Å²) in [7, 11) is 3.55. The molecule has 4 saturated carbocycles. The molecule has 0 radical (unpaired) electrons. The number of aromatic nitrogens is 2. The predicted octanol–water partition coefficient (Wildman–Crippen LogP) is 2.93. The van der Waals surface area contributed by atoms with Gasteiger partial charge < -0.3 is 20.4 Å². The number of fused-ring (bicyclic) bond motifs is 1. The average Bonchev–Trinajstić information content (AvgIpc) is 3.12. The number of carbonyl (C=O) groups excluding carboxylic acids is 1. The van der Waals surface area contributed by atoms with Gasteiger partial charge in [-0.05, 0) is 55.9 Å². The van der Waals surface area contributed by atoms with Crippen molar-refractivity contribution >= 4 is 22.6 Å². The van der Waals surface area contributed by atoms with Crippen molar-refractivity contribution < 1.29 is 9.53 Å². The fourth-order valence-electron chi connectivity index (χ4n) is 6.07. The van der Waals surface area contributed by atoms with Gasteiger partial charge in [-0.15, -0.1) is 0 Å². The van der Waals surface area contributed by atoms with Crippen molar-refractivity contribution in [3.63, 3.8) is 0 Å². The number of nitrogens with zero attached hydrogens (tertiary/aromatic N) is 1. The molecule has 0 aromatic carbocycles. The number of methoxy groups -OCH3 is 1. The molecule has 6 heteroatoms. The highest BCUT2D eigenvalue weighted by molar-refractivity contribution is 6.06. The minimum atomic E-state index is -0.0970.